The molecule has 4 heteroatoms. The molecule has 0 aliphatic heterocycles. The van der Waals surface area contributed by atoms with Gasteiger partial charge in [0.1, 0.15) is 0 Å². The van der Waals surface area contributed by atoms with E-state index in [1.807, 2.05) is 26.1 Å². The van der Waals surface area contributed by atoms with Crippen LogP contribution < -0.4 is 5.32 Å². The second-order valence-corrected chi connectivity index (χ2v) is 5.92. The third-order valence-electron chi connectivity index (χ3n) is 3.31. The second kappa shape index (κ2) is 5.85. The van der Waals surface area contributed by atoms with Crippen molar-refractivity contribution in [2.45, 2.75) is 38.4 Å². The Morgan fingerprint density at radius 3 is 2.61 bits per heavy atom. The van der Waals surface area contributed by atoms with Crippen molar-refractivity contribution in [1.29, 1.82) is 0 Å². The van der Waals surface area contributed by atoms with Crippen molar-refractivity contribution in [3.63, 3.8) is 0 Å². The maximum atomic E-state index is 11.9. The van der Waals surface area contributed by atoms with Crippen LogP contribution in [0.3, 0.4) is 0 Å². The molecule has 1 atom stereocenters. The van der Waals surface area contributed by atoms with E-state index in [0.29, 0.717) is 6.04 Å². The first-order valence-electron chi connectivity index (χ1n) is 6.31. The first-order valence-corrected chi connectivity index (χ1v) is 7.10. The summed E-state index contributed by atoms with van der Waals surface area (Å²) in [6.07, 6.45) is 2.27. The molecule has 0 bridgehead atoms. The van der Waals surface area contributed by atoms with Crippen molar-refractivity contribution in [3.05, 3.63) is 34.3 Å². The van der Waals surface area contributed by atoms with Gasteiger partial charge in [0.25, 0.3) is 0 Å². The summed E-state index contributed by atoms with van der Waals surface area (Å²) in [4.78, 5) is 14.0. The molecule has 1 aliphatic rings. The highest BCUT2D eigenvalue weighted by molar-refractivity contribution is 9.10. The van der Waals surface area contributed by atoms with Gasteiger partial charge in [-0.1, -0.05) is 28.1 Å². The number of hydrogen-bond donors (Lipinski definition) is 1. The van der Waals surface area contributed by atoms with Gasteiger partial charge in [-0.05, 0) is 44.5 Å². The van der Waals surface area contributed by atoms with Crippen molar-refractivity contribution >= 4 is 21.8 Å². The van der Waals surface area contributed by atoms with E-state index in [-0.39, 0.29) is 11.9 Å². The van der Waals surface area contributed by atoms with Gasteiger partial charge in [0, 0.05) is 17.1 Å². The first-order chi connectivity index (χ1) is 8.56. The van der Waals surface area contributed by atoms with E-state index in [4.69, 9.17) is 0 Å². The minimum absolute atomic E-state index is 0.0887. The van der Waals surface area contributed by atoms with Gasteiger partial charge < -0.3 is 5.32 Å². The van der Waals surface area contributed by atoms with Crippen LogP contribution in [0.25, 0.3) is 0 Å². The number of hydrogen-bond acceptors (Lipinski definition) is 2. The molecule has 2 rings (SSSR count). The summed E-state index contributed by atoms with van der Waals surface area (Å²) in [6.45, 7) is 2.74. The number of nitrogens with zero attached hydrogens (tertiary/aromatic N) is 1. The van der Waals surface area contributed by atoms with Crippen LogP contribution in [-0.4, -0.2) is 29.9 Å². The molecule has 1 aliphatic carbocycles. The number of amides is 1. The van der Waals surface area contributed by atoms with E-state index in [9.17, 15) is 4.79 Å². The van der Waals surface area contributed by atoms with Crippen molar-refractivity contribution < 1.29 is 4.79 Å². The molecule has 1 aromatic rings. The molecule has 0 spiro atoms. The van der Waals surface area contributed by atoms with Crippen LogP contribution in [0.5, 0.6) is 0 Å². The zero-order chi connectivity index (χ0) is 13.1. The molecule has 0 radical (unpaired) electrons. The molecule has 0 heterocycles. The minimum Gasteiger partial charge on any atom is -0.352 e. The van der Waals surface area contributed by atoms with Crippen LogP contribution in [0.15, 0.2) is 28.7 Å². The summed E-state index contributed by atoms with van der Waals surface area (Å²) >= 11 is 3.42. The highest BCUT2D eigenvalue weighted by Crippen LogP contribution is 2.19. The lowest BCUT2D eigenvalue weighted by Gasteiger charge is -2.24. The molecule has 0 unspecified atom stereocenters. The van der Waals surface area contributed by atoms with E-state index in [1.165, 1.54) is 5.56 Å². The molecule has 98 valence electrons. The third kappa shape index (κ3) is 3.82. The van der Waals surface area contributed by atoms with E-state index < -0.39 is 0 Å². The van der Waals surface area contributed by atoms with Crippen LogP contribution in [0.2, 0.25) is 0 Å². The number of benzene rings is 1. The van der Waals surface area contributed by atoms with E-state index in [1.54, 1.807) is 0 Å². The number of likely N-dealkylation sites (N-methyl/N-ethyl adjacent to an activating group) is 1. The largest absolute Gasteiger partial charge is 0.352 e. The van der Waals surface area contributed by atoms with Gasteiger partial charge in [-0.15, -0.1) is 0 Å². The Hall–Kier alpha value is -0.870. The summed E-state index contributed by atoms with van der Waals surface area (Å²) in [5.41, 5.74) is 1.21. The molecule has 1 saturated carbocycles. The van der Waals surface area contributed by atoms with E-state index >= 15 is 0 Å². The van der Waals surface area contributed by atoms with E-state index in [2.05, 4.69) is 38.3 Å². The smallest absolute Gasteiger partial charge is 0.237 e. The van der Waals surface area contributed by atoms with E-state index in [0.717, 1.165) is 23.9 Å². The Morgan fingerprint density at radius 2 is 2.06 bits per heavy atom. The molecule has 1 amide bonds. The zero-order valence-corrected chi connectivity index (χ0v) is 12.4. The molecule has 1 N–H and O–H groups in total. The second-order valence-electron chi connectivity index (χ2n) is 5.00. The Balaban J connectivity index is 1.87. The average molecular weight is 311 g/mol. The maximum Gasteiger partial charge on any atom is 0.237 e. The summed E-state index contributed by atoms with van der Waals surface area (Å²) < 4.78 is 1.08. The molecule has 1 fully saturated rings. The predicted octanol–water partition coefficient (Wildman–Crippen LogP) is 2.55. The lowest BCUT2D eigenvalue weighted by Crippen LogP contribution is -2.43. The van der Waals surface area contributed by atoms with Gasteiger partial charge in [0.15, 0.2) is 0 Å². The molecule has 0 saturated heterocycles. The van der Waals surface area contributed by atoms with Crippen LogP contribution in [0.4, 0.5) is 0 Å². The quantitative estimate of drug-likeness (QED) is 0.906. The highest BCUT2D eigenvalue weighted by Gasteiger charge is 2.27. The summed E-state index contributed by atoms with van der Waals surface area (Å²) in [5, 5.41) is 3.04. The van der Waals surface area contributed by atoms with Gasteiger partial charge in [-0.3, -0.25) is 9.69 Å². The van der Waals surface area contributed by atoms with Crippen molar-refractivity contribution in [3.8, 4) is 0 Å². The Morgan fingerprint density at radius 1 is 1.44 bits per heavy atom. The summed E-state index contributed by atoms with van der Waals surface area (Å²) in [5.74, 6) is 0.136. The average Bonchev–Trinajstić information content (AvgIpc) is 3.15. The van der Waals surface area contributed by atoms with Gasteiger partial charge >= 0.3 is 0 Å². The fourth-order valence-electron chi connectivity index (χ4n) is 1.76. The molecule has 18 heavy (non-hydrogen) atoms. The Kier molecular flexibility index (Phi) is 4.40. The van der Waals surface area contributed by atoms with Gasteiger partial charge in [-0.2, -0.15) is 0 Å². The zero-order valence-electron chi connectivity index (χ0n) is 10.8. The number of halogens is 1. The molecular weight excluding hydrogens is 292 g/mol. The van der Waals surface area contributed by atoms with Crippen LogP contribution >= 0.6 is 15.9 Å². The van der Waals surface area contributed by atoms with Crippen molar-refractivity contribution in [2.24, 2.45) is 0 Å². The fraction of sp³-hybridized carbons (Fsp3) is 0.500. The third-order valence-corrected chi connectivity index (χ3v) is 3.84. The number of carbonyl (C=O) groups excluding carboxylic acids is 1. The van der Waals surface area contributed by atoms with Gasteiger partial charge in [0.05, 0.1) is 6.04 Å². The summed E-state index contributed by atoms with van der Waals surface area (Å²) in [6, 6.07) is 8.55. The van der Waals surface area contributed by atoms with Gasteiger partial charge in [0.2, 0.25) is 5.91 Å². The van der Waals surface area contributed by atoms with Crippen molar-refractivity contribution in [1.82, 2.24) is 10.2 Å². The molecule has 0 aromatic heterocycles. The molecule has 1 aromatic carbocycles. The number of nitrogens with one attached hydrogen (secondary N) is 1. The first kappa shape index (κ1) is 13.6. The normalized spacial score (nSPS) is 16.7. The lowest BCUT2D eigenvalue weighted by atomic mass is 10.2. The van der Waals surface area contributed by atoms with Crippen LogP contribution in [-0.2, 0) is 11.3 Å². The van der Waals surface area contributed by atoms with Crippen LogP contribution in [0.1, 0.15) is 25.3 Å². The summed E-state index contributed by atoms with van der Waals surface area (Å²) in [7, 11) is 1.99. The molecular formula is C14H19BrN2O. The van der Waals surface area contributed by atoms with Gasteiger partial charge in [-0.25, -0.2) is 0 Å². The minimum atomic E-state index is -0.0887. The monoisotopic (exact) mass is 310 g/mol. The maximum absolute atomic E-state index is 11.9. The predicted molar refractivity (Wildman–Crippen MR) is 76.2 cm³/mol. The van der Waals surface area contributed by atoms with Crippen LogP contribution in [0, 0.1) is 0 Å². The van der Waals surface area contributed by atoms with Crippen molar-refractivity contribution in [2.75, 3.05) is 7.05 Å². The fourth-order valence-corrected chi connectivity index (χ4v) is 2.03. The Labute approximate surface area is 117 Å². The number of carbonyl (C=O) groups is 1. The number of rotatable bonds is 5. The molecule has 3 nitrogen and oxygen atoms in total. The Bertz CT molecular complexity index is 414. The standard InChI is InChI=1S/C14H19BrN2O/c1-10(14(18)16-13-7-8-13)17(2)9-11-3-5-12(15)6-4-11/h3-6,10,13H,7-9H2,1-2H3,(H,16,18)/t10-/m0/s1. The topological polar surface area (TPSA) is 32.3 Å². The lowest BCUT2D eigenvalue weighted by molar-refractivity contribution is -0.125. The highest BCUT2D eigenvalue weighted by atomic mass is 79.9. The SMILES string of the molecule is C[C@@H](C(=O)NC1CC1)N(C)Cc1ccc(Br)cc1.